The first-order valence-electron chi connectivity index (χ1n) is 6.93. The van der Waals surface area contributed by atoms with Crippen LogP contribution < -0.4 is 5.32 Å². The van der Waals surface area contributed by atoms with Crippen LogP contribution in [0.5, 0.6) is 0 Å². The summed E-state index contributed by atoms with van der Waals surface area (Å²) in [6.45, 7) is 7.49. The van der Waals surface area contributed by atoms with Crippen molar-refractivity contribution in [2.75, 3.05) is 6.61 Å². The summed E-state index contributed by atoms with van der Waals surface area (Å²) in [6.07, 6.45) is 7.02. The fourth-order valence-corrected chi connectivity index (χ4v) is 2.60. The Hall–Kier alpha value is -0.930. The minimum absolute atomic E-state index is 0.0462. The van der Waals surface area contributed by atoms with Crippen LogP contribution in [0.25, 0.3) is 0 Å². The predicted octanol–water partition coefficient (Wildman–Crippen LogP) is 3.08. The second-order valence-electron chi connectivity index (χ2n) is 5.52. The standard InChI is InChI=1S/C15H24N2O/c1-4-15(3)10-14(7-9-18-15)17-12(2)13-6-5-8-16-11-13/h5-6,8,11-12,14,17H,4,7,9-10H2,1-3H3/t12-,14?,15?/m1/s1. The largest absolute Gasteiger partial charge is 0.375 e. The van der Waals surface area contributed by atoms with Crippen molar-refractivity contribution in [2.45, 2.75) is 57.7 Å². The quantitative estimate of drug-likeness (QED) is 0.889. The van der Waals surface area contributed by atoms with Gasteiger partial charge in [-0.1, -0.05) is 13.0 Å². The molecule has 2 unspecified atom stereocenters. The lowest BCUT2D eigenvalue weighted by Crippen LogP contribution is -2.45. The van der Waals surface area contributed by atoms with Gasteiger partial charge in [0.1, 0.15) is 0 Å². The van der Waals surface area contributed by atoms with E-state index in [-0.39, 0.29) is 5.60 Å². The van der Waals surface area contributed by atoms with Crippen molar-refractivity contribution in [1.82, 2.24) is 10.3 Å². The van der Waals surface area contributed by atoms with E-state index in [1.165, 1.54) is 5.56 Å². The van der Waals surface area contributed by atoms with Gasteiger partial charge in [-0.3, -0.25) is 4.98 Å². The van der Waals surface area contributed by atoms with E-state index in [2.05, 4.69) is 37.1 Å². The summed E-state index contributed by atoms with van der Waals surface area (Å²) in [4.78, 5) is 4.18. The molecular weight excluding hydrogens is 224 g/mol. The van der Waals surface area contributed by atoms with Gasteiger partial charge in [-0.2, -0.15) is 0 Å². The van der Waals surface area contributed by atoms with Crippen LogP contribution in [-0.4, -0.2) is 23.2 Å². The van der Waals surface area contributed by atoms with E-state index in [4.69, 9.17) is 4.74 Å². The lowest BCUT2D eigenvalue weighted by molar-refractivity contribution is -0.0789. The maximum atomic E-state index is 5.88. The number of pyridine rings is 1. The number of nitrogens with one attached hydrogen (secondary N) is 1. The smallest absolute Gasteiger partial charge is 0.0666 e. The summed E-state index contributed by atoms with van der Waals surface area (Å²) in [5, 5.41) is 3.70. The van der Waals surface area contributed by atoms with Gasteiger partial charge < -0.3 is 10.1 Å². The Morgan fingerprint density at radius 1 is 1.61 bits per heavy atom. The highest BCUT2D eigenvalue weighted by molar-refractivity contribution is 5.13. The number of hydrogen-bond donors (Lipinski definition) is 1. The van der Waals surface area contributed by atoms with Gasteiger partial charge in [0.15, 0.2) is 0 Å². The Labute approximate surface area is 110 Å². The maximum Gasteiger partial charge on any atom is 0.0666 e. The molecular formula is C15H24N2O. The number of nitrogens with zero attached hydrogens (tertiary/aromatic N) is 1. The second-order valence-corrected chi connectivity index (χ2v) is 5.52. The van der Waals surface area contributed by atoms with Gasteiger partial charge in [-0.05, 0) is 44.7 Å². The molecule has 1 aromatic rings. The summed E-state index contributed by atoms with van der Waals surface area (Å²) < 4.78 is 5.88. The van der Waals surface area contributed by atoms with Gasteiger partial charge >= 0.3 is 0 Å². The van der Waals surface area contributed by atoms with Crippen molar-refractivity contribution in [3.05, 3.63) is 30.1 Å². The Bertz CT molecular complexity index is 368. The molecule has 3 nitrogen and oxygen atoms in total. The van der Waals surface area contributed by atoms with Crippen LogP contribution >= 0.6 is 0 Å². The number of hydrogen-bond acceptors (Lipinski definition) is 3. The highest BCUT2D eigenvalue weighted by Crippen LogP contribution is 2.28. The monoisotopic (exact) mass is 248 g/mol. The molecule has 0 saturated carbocycles. The van der Waals surface area contributed by atoms with Gasteiger partial charge in [-0.25, -0.2) is 0 Å². The van der Waals surface area contributed by atoms with E-state index < -0.39 is 0 Å². The number of ether oxygens (including phenoxy) is 1. The second kappa shape index (κ2) is 5.81. The zero-order valence-corrected chi connectivity index (χ0v) is 11.6. The van der Waals surface area contributed by atoms with Crippen LogP contribution in [0.2, 0.25) is 0 Å². The molecule has 100 valence electrons. The Kier molecular flexibility index (Phi) is 4.36. The van der Waals surface area contributed by atoms with E-state index in [0.29, 0.717) is 12.1 Å². The Balaban J connectivity index is 1.93. The van der Waals surface area contributed by atoms with Crippen LogP contribution in [0.1, 0.15) is 51.6 Å². The first-order chi connectivity index (χ1) is 8.63. The molecule has 1 aromatic heterocycles. The molecule has 1 aliphatic heterocycles. The van der Waals surface area contributed by atoms with Crippen molar-refractivity contribution in [1.29, 1.82) is 0 Å². The summed E-state index contributed by atoms with van der Waals surface area (Å²) in [7, 11) is 0. The van der Waals surface area contributed by atoms with Crippen molar-refractivity contribution in [3.8, 4) is 0 Å². The van der Waals surface area contributed by atoms with Crippen LogP contribution in [0, 0.1) is 0 Å². The minimum Gasteiger partial charge on any atom is -0.375 e. The molecule has 0 aliphatic carbocycles. The molecule has 1 N–H and O–H groups in total. The third-order valence-electron chi connectivity index (χ3n) is 4.01. The molecule has 0 amide bonds. The lowest BCUT2D eigenvalue weighted by Gasteiger charge is -2.39. The normalized spacial score (nSPS) is 30.1. The molecule has 1 fully saturated rings. The first kappa shape index (κ1) is 13.5. The van der Waals surface area contributed by atoms with Crippen molar-refractivity contribution < 1.29 is 4.74 Å². The van der Waals surface area contributed by atoms with Crippen molar-refractivity contribution >= 4 is 0 Å². The van der Waals surface area contributed by atoms with Gasteiger partial charge in [0.05, 0.1) is 5.60 Å². The van der Waals surface area contributed by atoms with Crippen LogP contribution in [0.4, 0.5) is 0 Å². The maximum absolute atomic E-state index is 5.88. The number of aromatic nitrogens is 1. The summed E-state index contributed by atoms with van der Waals surface area (Å²) in [5.74, 6) is 0. The average Bonchev–Trinajstić information content (AvgIpc) is 2.40. The molecule has 0 aromatic carbocycles. The summed E-state index contributed by atoms with van der Waals surface area (Å²) in [6, 6.07) is 5.01. The van der Waals surface area contributed by atoms with E-state index >= 15 is 0 Å². The van der Waals surface area contributed by atoms with Gasteiger partial charge in [0.2, 0.25) is 0 Å². The first-order valence-corrected chi connectivity index (χ1v) is 6.93. The molecule has 0 bridgehead atoms. The molecule has 0 radical (unpaired) electrons. The van der Waals surface area contributed by atoms with Crippen LogP contribution in [0.3, 0.4) is 0 Å². The topological polar surface area (TPSA) is 34.2 Å². The van der Waals surface area contributed by atoms with Gasteiger partial charge in [0, 0.05) is 31.1 Å². The fraction of sp³-hybridized carbons (Fsp3) is 0.667. The molecule has 2 rings (SSSR count). The van der Waals surface area contributed by atoms with Crippen LogP contribution in [-0.2, 0) is 4.74 Å². The molecule has 1 saturated heterocycles. The Morgan fingerprint density at radius 3 is 3.11 bits per heavy atom. The van der Waals surface area contributed by atoms with E-state index in [9.17, 15) is 0 Å². The molecule has 3 heteroatoms. The number of rotatable bonds is 4. The summed E-state index contributed by atoms with van der Waals surface area (Å²) in [5.41, 5.74) is 1.30. The SMILES string of the molecule is CCC1(C)CC(N[C@H](C)c2cccnc2)CCO1. The zero-order valence-electron chi connectivity index (χ0n) is 11.6. The minimum atomic E-state index is 0.0462. The Morgan fingerprint density at radius 2 is 2.44 bits per heavy atom. The van der Waals surface area contributed by atoms with Crippen LogP contribution in [0.15, 0.2) is 24.5 Å². The molecule has 2 heterocycles. The highest BCUT2D eigenvalue weighted by atomic mass is 16.5. The molecule has 1 aliphatic rings. The lowest BCUT2D eigenvalue weighted by atomic mass is 9.89. The third-order valence-corrected chi connectivity index (χ3v) is 4.01. The summed E-state index contributed by atoms with van der Waals surface area (Å²) >= 11 is 0. The van der Waals surface area contributed by atoms with Crippen molar-refractivity contribution in [2.24, 2.45) is 0 Å². The fourth-order valence-electron chi connectivity index (χ4n) is 2.60. The van der Waals surface area contributed by atoms with Crippen molar-refractivity contribution in [3.63, 3.8) is 0 Å². The third kappa shape index (κ3) is 3.30. The average molecular weight is 248 g/mol. The van der Waals surface area contributed by atoms with E-state index in [1.807, 2.05) is 18.5 Å². The van der Waals surface area contributed by atoms with E-state index in [1.54, 1.807) is 0 Å². The zero-order chi connectivity index (χ0) is 13.0. The molecule has 0 spiro atoms. The van der Waals surface area contributed by atoms with Gasteiger partial charge in [0.25, 0.3) is 0 Å². The highest BCUT2D eigenvalue weighted by Gasteiger charge is 2.32. The molecule has 18 heavy (non-hydrogen) atoms. The van der Waals surface area contributed by atoms with E-state index in [0.717, 1.165) is 25.9 Å². The predicted molar refractivity (Wildman–Crippen MR) is 73.5 cm³/mol. The van der Waals surface area contributed by atoms with Gasteiger partial charge in [-0.15, -0.1) is 0 Å². The molecule has 3 atom stereocenters.